The molecule has 2 aromatic rings. The minimum Gasteiger partial charge on any atom is -0.481 e. The monoisotopic (exact) mass is 653 g/mol. The van der Waals surface area contributed by atoms with Gasteiger partial charge in [0.2, 0.25) is 17.7 Å². The number of carboxylic acid groups (broad SMARTS) is 2. The first-order chi connectivity index (χ1) is 22.6. The van der Waals surface area contributed by atoms with Crippen LogP contribution in [-0.4, -0.2) is 128 Å². The number of ether oxygens (including phenoxy) is 1. The number of hydrogen-bond acceptors (Lipinski definition) is 8. The molecule has 0 spiro atoms. The fourth-order valence-electron chi connectivity index (χ4n) is 5.83. The van der Waals surface area contributed by atoms with E-state index in [9.17, 15) is 39.0 Å². The van der Waals surface area contributed by atoms with Crippen LogP contribution < -0.4 is 15.4 Å². The molecule has 16 nitrogen and oxygen atoms in total. The summed E-state index contributed by atoms with van der Waals surface area (Å²) in [4.78, 5) is 79.5. The Morgan fingerprint density at radius 3 is 2.26 bits per heavy atom. The summed E-state index contributed by atoms with van der Waals surface area (Å²) in [5.41, 5.74) is 0.391. The van der Waals surface area contributed by atoms with Crippen LogP contribution in [0.1, 0.15) is 55.4 Å². The number of aromatic nitrogens is 2. The number of benzene rings is 1. The molecule has 5 amide bonds. The van der Waals surface area contributed by atoms with Gasteiger partial charge in [-0.2, -0.15) is 5.10 Å². The molecule has 0 bridgehead atoms. The molecule has 16 heteroatoms. The molecule has 5 rings (SSSR count). The number of carbonyl (C=O) groups excluding carboxylic acids is 4. The van der Waals surface area contributed by atoms with E-state index in [1.165, 1.54) is 25.4 Å². The van der Waals surface area contributed by atoms with Crippen LogP contribution in [0.15, 0.2) is 36.4 Å². The second kappa shape index (κ2) is 15.0. The number of aliphatic carboxylic acids is 1. The number of rotatable bonds is 12. The number of para-hydroxylation sites is 1. The first-order valence-corrected chi connectivity index (χ1v) is 15.8. The predicted octanol–water partition coefficient (Wildman–Crippen LogP) is 0.696. The molecule has 2 saturated heterocycles. The Bertz CT molecular complexity index is 1490. The Morgan fingerprint density at radius 2 is 1.62 bits per heavy atom. The van der Waals surface area contributed by atoms with E-state index in [2.05, 4.69) is 15.7 Å². The van der Waals surface area contributed by atoms with E-state index >= 15 is 0 Å². The molecule has 1 aliphatic carbocycles. The zero-order valence-corrected chi connectivity index (χ0v) is 25.9. The maximum Gasteiger partial charge on any atom is 0.407 e. The van der Waals surface area contributed by atoms with Crippen molar-refractivity contribution in [2.24, 2.45) is 0 Å². The van der Waals surface area contributed by atoms with Crippen molar-refractivity contribution in [2.45, 2.75) is 63.1 Å². The molecule has 2 aliphatic heterocycles. The average molecular weight is 654 g/mol. The van der Waals surface area contributed by atoms with Crippen LogP contribution in [0.3, 0.4) is 0 Å². The van der Waals surface area contributed by atoms with E-state index < -0.39 is 49.0 Å². The number of amides is 5. The molecule has 47 heavy (non-hydrogen) atoms. The normalized spacial score (nSPS) is 18.6. The minimum atomic E-state index is -1.21. The summed E-state index contributed by atoms with van der Waals surface area (Å²) in [7, 11) is 0. The molecular weight excluding hydrogens is 614 g/mol. The molecule has 0 radical (unpaired) electrons. The van der Waals surface area contributed by atoms with Gasteiger partial charge in [-0.25, -0.2) is 9.48 Å². The quantitative estimate of drug-likeness (QED) is 0.252. The van der Waals surface area contributed by atoms with Crippen LogP contribution in [0, 0.1) is 0 Å². The summed E-state index contributed by atoms with van der Waals surface area (Å²) in [5, 5.41) is 28.4. The second-order valence-electron chi connectivity index (χ2n) is 11.8. The Labute approximate surface area is 270 Å². The van der Waals surface area contributed by atoms with Gasteiger partial charge in [-0.3, -0.25) is 24.0 Å². The molecule has 3 fully saturated rings. The highest BCUT2D eigenvalue weighted by atomic mass is 16.5. The lowest BCUT2D eigenvalue weighted by Gasteiger charge is -2.35. The molecule has 2 atom stereocenters. The summed E-state index contributed by atoms with van der Waals surface area (Å²) in [6.45, 7) is 0.386. The average Bonchev–Trinajstić information content (AvgIpc) is 3.72. The number of nitrogens with one attached hydrogen (secondary N) is 2. The van der Waals surface area contributed by atoms with Crippen molar-refractivity contribution in [1.29, 1.82) is 0 Å². The Morgan fingerprint density at radius 1 is 0.915 bits per heavy atom. The molecule has 1 saturated carbocycles. The lowest BCUT2D eigenvalue weighted by molar-refractivity contribution is -0.140. The standard InChI is InChI=1S/C31H39N7O9/c39-25(37-13-5-10-24(37)29(43)32-20-6-4-7-20)19-47-26-18-23(34-38(26)21-8-2-1-3-9-21)28(42)33-22(11-12-27(40)41)30(44)35-14-16-36(17-15-35)31(45)46/h1-3,8-9,18,20,22,24H,4-7,10-17,19H2,(H,32,43)(H,33,42)(H,40,41)(H,45,46)/t22-,24-/m0/s1. The van der Waals surface area contributed by atoms with Crippen molar-refractivity contribution in [2.75, 3.05) is 39.3 Å². The number of carboxylic acids is 1. The molecule has 1 aromatic heterocycles. The summed E-state index contributed by atoms with van der Waals surface area (Å²) in [5.74, 6) is -2.92. The first kappa shape index (κ1) is 33.2. The van der Waals surface area contributed by atoms with Crippen molar-refractivity contribution in [3.63, 3.8) is 0 Å². The SMILES string of the molecule is O=C(O)CC[C@H](NC(=O)c1cc(OCC(=O)N2CCC[C@H]2C(=O)NC2CCC2)n(-c2ccccc2)n1)C(=O)N1CCN(C(=O)O)CC1. The van der Waals surface area contributed by atoms with E-state index in [0.717, 1.165) is 19.3 Å². The topological polar surface area (TPSA) is 204 Å². The summed E-state index contributed by atoms with van der Waals surface area (Å²) in [6, 6.07) is 8.45. The predicted molar refractivity (Wildman–Crippen MR) is 164 cm³/mol. The van der Waals surface area contributed by atoms with Crippen molar-refractivity contribution in [1.82, 2.24) is 35.1 Å². The zero-order valence-electron chi connectivity index (χ0n) is 25.9. The van der Waals surface area contributed by atoms with Gasteiger partial charge in [-0.15, -0.1) is 0 Å². The Kier molecular flexibility index (Phi) is 10.6. The van der Waals surface area contributed by atoms with Gasteiger partial charge in [0, 0.05) is 51.3 Å². The van der Waals surface area contributed by atoms with Crippen LogP contribution in [0.4, 0.5) is 4.79 Å². The fraction of sp³-hybridized carbons (Fsp3) is 0.516. The highest BCUT2D eigenvalue weighted by Gasteiger charge is 2.36. The molecule has 3 aliphatic rings. The first-order valence-electron chi connectivity index (χ1n) is 15.8. The van der Waals surface area contributed by atoms with E-state index in [0.29, 0.717) is 25.1 Å². The van der Waals surface area contributed by atoms with Crippen molar-refractivity contribution in [3.8, 4) is 11.6 Å². The maximum atomic E-state index is 13.4. The van der Waals surface area contributed by atoms with E-state index in [-0.39, 0.29) is 62.0 Å². The lowest BCUT2D eigenvalue weighted by atomic mass is 9.93. The smallest absolute Gasteiger partial charge is 0.407 e. The number of nitrogens with zero attached hydrogens (tertiary/aromatic N) is 5. The second-order valence-corrected chi connectivity index (χ2v) is 11.8. The number of piperazine rings is 1. The third-order valence-electron chi connectivity index (χ3n) is 8.69. The third-order valence-corrected chi connectivity index (χ3v) is 8.69. The largest absolute Gasteiger partial charge is 0.481 e. The highest BCUT2D eigenvalue weighted by molar-refractivity contribution is 5.96. The molecule has 4 N–H and O–H groups in total. The number of carbonyl (C=O) groups is 6. The van der Waals surface area contributed by atoms with Crippen LogP contribution in [0.2, 0.25) is 0 Å². The van der Waals surface area contributed by atoms with Gasteiger partial charge in [0.15, 0.2) is 12.3 Å². The zero-order chi connectivity index (χ0) is 33.5. The van der Waals surface area contributed by atoms with E-state index in [4.69, 9.17) is 4.74 Å². The van der Waals surface area contributed by atoms with Crippen molar-refractivity contribution >= 4 is 35.7 Å². The fourth-order valence-corrected chi connectivity index (χ4v) is 5.83. The minimum absolute atomic E-state index is 0.0718. The van der Waals surface area contributed by atoms with Gasteiger partial charge in [-0.1, -0.05) is 18.2 Å². The lowest BCUT2D eigenvalue weighted by Crippen LogP contribution is -2.55. The molecule has 0 unspecified atom stereocenters. The van der Waals surface area contributed by atoms with E-state index in [1.54, 1.807) is 30.3 Å². The number of likely N-dealkylation sites (tertiary alicyclic amines) is 1. The summed E-state index contributed by atoms with van der Waals surface area (Å²) >= 11 is 0. The molecule has 1 aromatic carbocycles. The summed E-state index contributed by atoms with van der Waals surface area (Å²) in [6.07, 6.45) is 2.52. The van der Waals surface area contributed by atoms with Gasteiger partial charge in [0.25, 0.3) is 11.8 Å². The van der Waals surface area contributed by atoms with Gasteiger partial charge in [0.1, 0.15) is 12.1 Å². The molecule has 3 heterocycles. The van der Waals surface area contributed by atoms with Gasteiger partial charge in [-0.05, 0) is 50.7 Å². The van der Waals surface area contributed by atoms with Crippen molar-refractivity contribution < 1.29 is 43.7 Å². The maximum absolute atomic E-state index is 13.4. The summed E-state index contributed by atoms with van der Waals surface area (Å²) < 4.78 is 7.23. The Hall–Kier alpha value is -5.15. The third kappa shape index (κ3) is 8.17. The van der Waals surface area contributed by atoms with Gasteiger partial charge >= 0.3 is 12.1 Å². The van der Waals surface area contributed by atoms with Crippen LogP contribution in [0.25, 0.3) is 5.69 Å². The van der Waals surface area contributed by atoms with Crippen molar-refractivity contribution in [3.05, 3.63) is 42.1 Å². The van der Waals surface area contributed by atoms with Crippen LogP contribution >= 0.6 is 0 Å². The van der Waals surface area contributed by atoms with Crippen LogP contribution in [-0.2, 0) is 19.2 Å². The van der Waals surface area contributed by atoms with Crippen LogP contribution in [0.5, 0.6) is 5.88 Å². The molecular formula is C31H39N7O9. The number of hydrogen-bond donors (Lipinski definition) is 4. The van der Waals surface area contributed by atoms with E-state index in [1.807, 2.05) is 0 Å². The van der Waals surface area contributed by atoms with Gasteiger partial charge < -0.3 is 40.3 Å². The molecule has 252 valence electrons. The Balaban J connectivity index is 1.29. The van der Waals surface area contributed by atoms with Gasteiger partial charge in [0.05, 0.1) is 5.69 Å². The highest BCUT2D eigenvalue weighted by Crippen LogP contribution is 2.24.